The fourth-order valence-corrected chi connectivity index (χ4v) is 2.43. The maximum absolute atomic E-state index is 12.7. The number of aromatic nitrogens is 4. The molecule has 1 aromatic carbocycles. The van der Waals surface area contributed by atoms with Gasteiger partial charge in [0.1, 0.15) is 5.60 Å². The summed E-state index contributed by atoms with van der Waals surface area (Å²) in [7, 11) is 0. The smallest absolute Gasteiger partial charge is 0.437 e. The third-order valence-electron chi connectivity index (χ3n) is 3.15. The largest absolute Gasteiger partial charge is 0.442 e. The van der Waals surface area contributed by atoms with Crippen molar-refractivity contribution in [3.63, 3.8) is 0 Å². The summed E-state index contributed by atoms with van der Waals surface area (Å²) in [6.07, 6.45) is 0.655. The van der Waals surface area contributed by atoms with Crippen molar-refractivity contribution in [2.75, 3.05) is 0 Å². The van der Waals surface area contributed by atoms with E-state index in [2.05, 4.69) is 9.97 Å². The summed E-state index contributed by atoms with van der Waals surface area (Å²) < 4.78 is 7.64. The van der Waals surface area contributed by atoms with Crippen molar-refractivity contribution in [2.45, 2.75) is 26.4 Å². The Hall–Kier alpha value is -2.67. The van der Waals surface area contributed by atoms with E-state index in [1.54, 1.807) is 51.1 Å². The first-order valence-corrected chi connectivity index (χ1v) is 7.61. The minimum absolute atomic E-state index is 0.00784. The molecule has 0 aliphatic rings. The van der Waals surface area contributed by atoms with Crippen molar-refractivity contribution < 1.29 is 9.53 Å². The number of rotatable bonds is 1. The summed E-state index contributed by atoms with van der Waals surface area (Å²) in [6, 6.07) is 8.39. The average molecular weight is 347 g/mol. The van der Waals surface area contributed by atoms with Crippen LogP contribution in [0.3, 0.4) is 0 Å². The standard InChI is InChI=1S/C16H15ClN4O3/c1-16(2,3)24-15(23)21-13(22)10-6-4-5-7-11(10)20(21)12-8-9-18-14(17)19-12/h4-9H,1-3H3. The number of hydrogen-bond donors (Lipinski definition) is 0. The van der Waals surface area contributed by atoms with Gasteiger partial charge in [-0.05, 0) is 44.5 Å². The molecule has 0 N–H and O–H groups in total. The normalized spacial score (nSPS) is 11.7. The fraction of sp³-hybridized carbons (Fsp3) is 0.250. The van der Waals surface area contributed by atoms with Gasteiger partial charge in [0, 0.05) is 12.3 Å². The van der Waals surface area contributed by atoms with Gasteiger partial charge in [-0.25, -0.2) is 14.5 Å². The third kappa shape index (κ3) is 2.90. The Labute approximate surface area is 142 Å². The lowest BCUT2D eigenvalue weighted by Crippen LogP contribution is -2.35. The second-order valence-corrected chi connectivity index (χ2v) is 6.45. The SMILES string of the molecule is CC(C)(C)OC(=O)n1c(=O)c2ccccc2n1-c1ccnc(Cl)n1. The molecular weight excluding hydrogens is 332 g/mol. The van der Waals surface area contributed by atoms with Crippen LogP contribution in [0, 0.1) is 0 Å². The van der Waals surface area contributed by atoms with Gasteiger partial charge in [-0.2, -0.15) is 4.98 Å². The number of carbonyl (C=O) groups excluding carboxylic acids is 1. The minimum Gasteiger partial charge on any atom is -0.442 e. The maximum atomic E-state index is 12.7. The van der Waals surface area contributed by atoms with Gasteiger partial charge in [-0.3, -0.25) is 4.79 Å². The first kappa shape index (κ1) is 16.2. The Bertz CT molecular complexity index is 985. The minimum atomic E-state index is -0.793. The van der Waals surface area contributed by atoms with Crippen LogP contribution in [0.25, 0.3) is 16.7 Å². The molecule has 0 radical (unpaired) electrons. The Morgan fingerprint density at radius 3 is 2.58 bits per heavy atom. The van der Waals surface area contributed by atoms with E-state index in [0.29, 0.717) is 16.7 Å². The maximum Gasteiger partial charge on any atom is 0.437 e. The Balaban J connectivity index is 2.32. The molecule has 124 valence electrons. The predicted octanol–water partition coefficient (Wildman–Crippen LogP) is 3.02. The Kier molecular flexibility index (Phi) is 3.88. The number of ether oxygens (including phenoxy) is 1. The Morgan fingerprint density at radius 2 is 1.92 bits per heavy atom. The summed E-state index contributed by atoms with van der Waals surface area (Å²) in [5.74, 6) is 0.291. The second-order valence-electron chi connectivity index (χ2n) is 6.11. The molecule has 0 aliphatic carbocycles. The summed E-state index contributed by atoms with van der Waals surface area (Å²) in [6.45, 7) is 5.18. The van der Waals surface area contributed by atoms with E-state index in [9.17, 15) is 9.59 Å². The lowest BCUT2D eigenvalue weighted by molar-refractivity contribution is 0.0498. The predicted molar refractivity (Wildman–Crippen MR) is 89.8 cm³/mol. The summed E-state index contributed by atoms with van der Waals surface area (Å²) in [5, 5.41) is 0.381. The van der Waals surface area contributed by atoms with Crippen LogP contribution >= 0.6 is 11.6 Å². The van der Waals surface area contributed by atoms with E-state index in [0.717, 1.165) is 4.68 Å². The van der Waals surface area contributed by atoms with E-state index in [1.807, 2.05) is 0 Å². The topological polar surface area (TPSA) is 79.0 Å². The number of halogens is 1. The molecule has 2 heterocycles. The molecule has 0 saturated heterocycles. The van der Waals surface area contributed by atoms with Crippen molar-refractivity contribution in [3.8, 4) is 5.82 Å². The lowest BCUT2D eigenvalue weighted by atomic mass is 10.2. The number of benzene rings is 1. The van der Waals surface area contributed by atoms with Crippen molar-refractivity contribution in [2.24, 2.45) is 0 Å². The van der Waals surface area contributed by atoms with Crippen LogP contribution in [0.1, 0.15) is 20.8 Å². The van der Waals surface area contributed by atoms with E-state index >= 15 is 0 Å². The molecule has 0 bridgehead atoms. The summed E-state index contributed by atoms with van der Waals surface area (Å²) >= 11 is 5.85. The van der Waals surface area contributed by atoms with Crippen molar-refractivity contribution in [3.05, 3.63) is 52.2 Å². The van der Waals surface area contributed by atoms with Gasteiger partial charge in [0.25, 0.3) is 5.56 Å². The van der Waals surface area contributed by atoms with Crippen LogP contribution in [0.15, 0.2) is 41.3 Å². The van der Waals surface area contributed by atoms with Crippen LogP contribution < -0.4 is 5.56 Å². The number of nitrogens with zero attached hydrogens (tertiary/aromatic N) is 4. The molecule has 0 saturated carbocycles. The highest BCUT2D eigenvalue weighted by molar-refractivity contribution is 6.28. The first-order valence-electron chi connectivity index (χ1n) is 7.23. The van der Waals surface area contributed by atoms with Gasteiger partial charge in [0.2, 0.25) is 5.28 Å². The van der Waals surface area contributed by atoms with Crippen molar-refractivity contribution in [1.29, 1.82) is 0 Å². The molecule has 24 heavy (non-hydrogen) atoms. The zero-order valence-corrected chi connectivity index (χ0v) is 14.1. The summed E-state index contributed by atoms with van der Waals surface area (Å²) in [5.41, 5.74) is -0.723. The number of carbonyl (C=O) groups is 1. The first-order chi connectivity index (χ1) is 11.3. The van der Waals surface area contributed by atoms with Crippen LogP contribution in [0.5, 0.6) is 0 Å². The molecule has 0 atom stereocenters. The highest BCUT2D eigenvalue weighted by Crippen LogP contribution is 2.18. The van der Waals surface area contributed by atoms with Gasteiger partial charge in [-0.1, -0.05) is 12.1 Å². The van der Waals surface area contributed by atoms with Gasteiger partial charge < -0.3 is 4.74 Å². The van der Waals surface area contributed by atoms with Crippen molar-refractivity contribution in [1.82, 2.24) is 19.3 Å². The average Bonchev–Trinajstić information content (AvgIpc) is 2.79. The molecule has 0 unspecified atom stereocenters. The van der Waals surface area contributed by atoms with E-state index < -0.39 is 17.3 Å². The van der Waals surface area contributed by atoms with Crippen LogP contribution in [0.4, 0.5) is 4.79 Å². The molecular formula is C16H15ClN4O3. The number of hydrogen-bond acceptors (Lipinski definition) is 5. The van der Waals surface area contributed by atoms with Crippen LogP contribution in [-0.4, -0.2) is 31.0 Å². The zero-order chi connectivity index (χ0) is 17.5. The Morgan fingerprint density at radius 1 is 1.21 bits per heavy atom. The molecule has 3 aromatic rings. The van der Waals surface area contributed by atoms with Crippen LogP contribution in [-0.2, 0) is 4.74 Å². The molecule has 0 aliphatic heterocycles. The van der Waals surface area contributed by atoms with E-state index in [4.69, 9.17) is 16.3 Å². The molecule has 0 fully saturated rings. The third-order valence-corrected chi connectivity index (χ3v) is 3.33. The molecule has 2 aromatic heterocycles. The van der Waals surface area contributed by atoms with Gasteiger partial charge >= 0.3 is 6.09 Å². The molecule has 3 rings (SSSR count). The number of para-hydroxylation sites is 1. The van der Waals surface area contributed by atoms with E-state index in [1.165, 1.54) is 10.9 Å². The molecule has 7 nitrogen and oxygen atoms in total. The molecule has 0 spiro atoms. The summed E-state index contributed by atoms with van der Waals surface area (Å²) in [4.78, 5) is 33.2. The van der Waals surface area contributed by atoms with Gasteiger partial charge in [0.05, 0.1) is 10.9 Å². The lowest BCUT2D eigenvalue weighted by Gasteiger charge is -2.20. The zero-order valence-electron chi connectivity index (χ0n) is 13.4. The monoisotopic (exact) mass is 346 g/mol. The molecule has 0 amide bonds. The quantitative estimate of drug-likeness (QED) is 0.633. The number of fused-ring (bicyclic) bond motifs is 1. The highest BCUT2D eigenvalue weighted by Gasteiger charge is 2.25. The van der Waals surface area contributed by atoms with E-state index in [-0.39, 0.29) is 5.28 Å². The van der Waals surface area contributed by atoms with Gasteiger partial charge in [-0.15, -0.1) is 4.68 Å². The fourth-order valence-electron chi connectivity index (χ4n) is 2.29. The van der Waals surface area contributed by atoms with Crippen LogP contribution in [0.2, 0.25) is 5.28 Å². The van der Waals surface area contributed by atoms with Gasteiger partial charge in [0.15, 0.2) is 5.82 Å². The van der Waals surface area contributed by atoms with Crippen molar-refractivity contribution >= 4 is 28.6 Å². The second kappa shape index (κ2) is 5.76. The highest BCUT2D eigenvalue weighted by atomic mass is 35.5. The molecule has 8 heteroatoms.